The molecule has 2 nitrogen and oxygen atoms in total. The minimum atomic E-state index is -0.426. The van der Waals surface area contributed by atoms with Crippen LogP contribution in [-0.4, -0.2) is 10.1 Å². The fourth-order valence-electron chi connectivity index (χ4n) is 1.02. The third kappa shape index (κ3) is 2.06. The van der Waals surface area contributed by atoms with Gasteiger partial charge in [0.15, 0.2) is 0 Å². The summed E-state index contributed by atoms with van der Waals surface area (Å²) in [5, 5.41) is 10.3. The van der Waals surface area contributed by atoms with Crippen LogP contribution in [0.4, 0.5) is 0 Å². The molecule has 1 unspecified atom stereocenters. The Morgan fingerprint density at radius 2 is 2.21 bits per heavy atom. The standard InChI is InChI=1S/C9H8BrNOS2/c1-5(12)7-4-11-9(14-7)6-2-3-8(10)13-6/h2-5,12H,1H3. The molecule has 0 aromatic carbocycles. The highest BCUT2D eigenvalue weighted by Crippen LogP contribution is 2.35. The van der Waals surface area contributed by atoms with Gasteiger partial charge in [0, 0.05) is 6.20 Å². The Balaban J connectivity index is 2.33. The van der Waals surface area contributed by atoms with Crippen LogP contribution in [0, 0.1) is 0 Å². The van der Waals surface area contributed by atoms with Gasteiger partial charge < -0.3 is 5.11 Å². The van der Waals surface area contributed by atoms with Crippen LogP contribution < -0.4 is 0 Å². The number of hydrogen-bond acceptors (Lipinski definition) is 4. The monoisotopic (exact) mass is 289 g/mol. The number of aromatic nitrogens is 1. The van der Waals surface area contributed by atoms with E-state index in [1.807, 2.05) is 12.1 Å². The molecule has 2 rings (SSSR count). The summed E-state index contributed by atoms with van der Waals surface area (Å²) < 4.78 is 1.10. The molecule has 0 amide bonds. The number of thiazole rings is 1. The summed E-state index contributed by atoms with van der Waals surface area (Å²) in [5.41, 5.74) is 0. The van der Waals surface area contributed by atoms with Crippen molar-refractivity contribution >= 4 is 38.6 Å². The van der Waals surface area contributed by atoms with Crippen LogP contribution in [-0.2, 0) is 0 Å². The lowest BCUT2D eigenvalue weighted by atomic mass is 10.4. The smallest absolute Gasteiger partial charge is 0.133 e. The number of nitrogens with zero attached hydrogens (tertiary/aromatic N) is 1. The normalized spacial score (nSPS) is 13.1. The van der Waals surface area contributed by atoms with Crippen LogP contribution in [0.3, 0.4) is 0 Å². The molecule has 2 aromatic rings. The van der Waals surface area contributed by atoms with Gasteiger partial charge in [-0.1, -0.05) is 0 Å². The van der Waals surface area contributed by atoms with E-state index in [9.17, 15) is 5.11 Å². The van der Waals surface area contributed by atoms with Crippen molar-refractivity contribution in [1.82, 2.24) is 4.98 Å². The highest BCUT2D eigenvalue weighted by atomic mass is 79.9. The summed E-state index contributed by atoms with van der Waals surface area (Å²) in [7, 11) is 0. The van der Waals surface area contributed by atoms with Crippen LogP contribution in [0.1, 0.15) is 17.9 Å². The molecule has 14 heavy (non-hydrogen) atoms. The van der Waals surface area contributed by atoms with E-state index in [1.165, 1.54) is 11.3 Å². The minimum absolute atomic E-state index is 0.426. The summed E-state index contributed by atoms with van der Waals surface area (Å²) in [4.78, 5) is 6.31. The van der Waals surface area contributed by atoms with E-state index in [0.717, 1.165) is 18.5 Å². The van der Waals surface area contributed by atoms with Crippen LogP contribution in [0.25, 0.3) is 9.88 Å². The molecule has 0 aliphatic heterocycles. The first kappa shape index (κ1) is 10.3. The van der Waals surface area contributed by atoms with Crippen LogP contribution in [0.5, 0.6) is 0 Å². The zero-order valence-electron chi connectivity index (χ0n) is 7.40. The lowest BCUT2D eigenvalue weighted by molar-refractivity contribution is 0.203. The molecule has 5 heteroatoms. The Hall–Kier alpha value is -0.230. The molecular weight excluding hydrogens is 282 g/mol. The molecule has 0 saturated heterocycles. The predicted molar refractivity (Wildman–Crippen MR) is 63.8 cm³/mol. The molecular formula is C9H8BrNOS2. The number of aliphatic hydroxyl groups is 1. The second-order valence-electron chi connectivity index (χ2n) is 2.85. The van der Waals surface area contributed by atoms with Gasteiger partial charge in [0.25, 0.3) is 0 Å². The van der Waals surface area contributed by atoms with E-state index in [-0.39, 0.29) is 0 Å². The number of hydrogen-bond donors (Lipinski definition) is 1. The molecule has 0 spiro atoms. The third-order valence-corrected chi connectivity index (χ3v) is 4.68. The number of aliphatic hydroxyl groups excluding tert-OH is 1. The molecule has 0 aliphatic carbocycles. The second-order valence-corrected chi connectivity index (χ2v) is 6.37. The molecule has 0 bridgehead atoms. The van der Waals surface area contributed by atoms with E-state index in [1.54, 1.807) is 24.5 Å². The summed E-state index contributed by atoms with van der Waals surface area (Å²) >= 11 is 6.60. The van der Waals surface area contributed by atoms with Gasteiger partial charge in [-0.2, -0.15) is 0 Å². The first-order valence-electron chi connectivity index (χ1n) is 4.06. The van der Waals surface area contributed by atoms with Gasteiger partial charge in [0.05, 0.1) is 19.6 Å². The SMILES string of the molecule is CC(O)c1cnc(-c2ccc(Br)s2)s1. The zero-order chi connectivity index (χ0) is 10.1. The number of rotatable bonds is 2. The van der Waals surface area contributed by atoms with Crippen LogP contribution in [0.15, 0.2) is 22.1 Å². The highest BCUT2D eigenvalue weighted by Gasteiger charge is 2.09. The largest absolute Gasteiger partial charge is 0.388 e. The molecule has 2 aromatic heterocycles. The van der Waals surface area contributed by atoms with E-state index in [0.29, 0.717) is 0 Å². The maximum atomic E-state index is 9.35. The predicted octanol–water partition coefficient (Wildman–Crippen LogP) is 3.69. The number of thiophene rings is 1. The maximum absolute atomic E-state index is 9.35. The van der Waals surface area contributed by atoms with E-state index in [2.05, 4.69) is 20.9 Å². The summed E-state index contributed by atoms with van der Waals surface area (Å²) in [6, 6.07) is 4.03. The quantitative estimate of drug-likeness (QED) is 0.915. The van der Waals surface area contributed by atoms with Gasteiger partial charge in [-0.05, 0) is 35.0 Å². The Morgan fingerprint density at radius 1 is 1.43 bits per heavy atom. The lowest BCUT2D eigenvalue weighted by Crippen LogP contribution is -1.83. The fourth-order valence-corrected chi connectivity index (χ4v) is 3.32. The third-order valence-electron chi connectivity index (χ3n) is 1.72. The van der Waals surface area contributed by atoms with E-state index >= 15 is 0 Å². The summed E-state index contributed by atoms with van der Waals surface area (Å²) in [6.07, 6.45) is 1.31. The molecule has 74 valence electrons. The molecule has 0 fully saturated rings. The van der Waals surface area contributed by atoms with Gasteiger partial charge >= 0.3 is 0 Å². The average molecular weight is 290 g/mol. The Bertz CT molecular complexity index is 435. The van der Waals surface area contributed by atoms with Crippen molar-refractivity contribution < 1.29 is 5.11 Å². The van der Waals surface area contributed by atoms with Crippen molar-refractivity contribution in [1.29, 1.82) is 0 Å². The Labute approximate surface area is 98.4 Å². The van der Waals surface area contributed by atoms with E-state index < -0.39 is 6.10 Å². The molecule has 1 N–H and O–H groups in total. The van der Waals surface area contributed by atoms with Crippen molar-refractivity contribution in [2.75, 3.05) is 0 Å². The second kappa shape index (κ2) is 4.10. The van der Waals surface area contributed by atoms with Gasteiger partial charge in [0.2, 0.25) is 0 Å². The maximum Gasteiger partial charge on any atom is 0.133 e. The van der Waals surface area contributed by atoms with Crippen LogP contribution in [0.2, 0.25) is 0 Å². The average Bonchev–Trinajstić information content (AvgIpc) is 2.70. The first-order chi connectivity index (χ1) is 6.66. The van der Waals surface area contributed by atoms with Crippen molar-refractivity contribution in [2.24, 2.45) is 0 Å². The summed E-state index contributed by atoms with van der Waals surface area (Å²) in [5.74, 6) is 0. The lowest BCUT2D eigenvalue weighted by Gasteiger charge is -1.95. The van der Waals surface area contributed by atoms with Crippen molar-refractivity contribution in [3.63, 3.8) is 0 Å². The van der Waals surface area contributed by atoms with Gasteiger partial charge in [-0.15, -0.1) is 22.7 Å². The molecule has 0 radical (unpaired) electrons. The molecule has 0 aliphatic rings. The topological polar surface area (TPSA) is 33.1 Å². The Kier molecular flexibility index (Phi) is 3.02. The Morgan fingerprint density at radius 3 is 2.71 bits per heavy atom. The van der Waals surface area contributed by atoms with Crippen LogP contribution >= 0.6 is 38.6 Å². The van der Waals surface area contributed by atoms with Crippen molar-refractivity contribution in [2.45, 2.75) is 13.0 Å². The molecule has 1 atom stereocenters. The van der Waals surface area contributed by atoms with Gasteiger partial charge in [-0.3, -0.25) is 0 Å². The minimum Gasteiger partial charge on any atom is -0.388 e. The fraction of sp³-hybridized carbons (Fsp3) is 0.222. The van der Waals surface area contributed by atoms with Crippen molar-refractivity contribution in [3.8, 4) is 9.88 Å². The van der Waals surface area contributed by atoms with Gasteiger partial charge in [-0.25, -0.2) is 4.98 Å². The summed E-state index contributed by atoms with van der Waals surface area (Å²) in [6.45, 7) is 1.75. The van der Waals surface area contributed by atoms with Crippen molar-refractivity contribution in [3.05, 3.63) is 27.0 Å². The molecule has 2 heterocycles. The van der Waals surface area contributed by atoms with Gasteiger partial charge in [0.1, 0.15) is 5.01 Å². The first-order valence-corrected chi connectivity index (χ1v) is 6.49. The number of halogens is 1. The van der Waals surface area contributed by atoms with E-state index in [4.69, 9.17) is 0 Å². The highest BCUT2D eigenvalue weighted by molar-refractivity contribution is 9.11. The molecule has 0 saturated carbocycles. The zero-order valence-corrected chi connectivity index (χ0v) is 10.6.